The van der Waals surface area contributed by atoms with Crippen LogP contribution in [-0.2, 0) is 32.7 Å². The molecule has 0 aliphatic heterocycles. The highest BCUT2D eigenvalue weighted by Crippen LogP contribution is 2.38. The monoisotopic (exact) mass is 1320 g/mol. The van der Waals surface area contributed by atoms with Crippen LogP contribution in [0, 0.1) is 0 Å². The van der Waals surface area contributed by atoms with Crippen molar-refractivity contribution in [3.63, 3.8) is 0 Å². The summed E-state index contributed by atoms with van der Waals surface area (Å²) in [5.41, 5.74) is 0. The van der Waals surface area contributed by atoms with E-state index in [0.29, 0.717) is 23.9 Å². The van der Waals surface area contributed by atoms with Gasteiger partial charge in [0.1, 0.15) is 19.8 Å². The molecule has 0 saturated heterocycles. The number of hydrogen-bond acceptors (Lipinski definition) is 8. The normalized spacial score (nSPS) is 14.3. The molecule has 94 heavy (non-hydrogen) atoms. The van der Waals surface area contributed by atoms with Crippen LogP contribution in [0.1, 0.15) is 258 Å². The first-order valence-electron chi connectivity index (χ1n) is 36.8. The van der Waals surface area contributed by atoms with Gasteiger partial charge in [-0.05, 0) is 148 Å². The van der Waals surface area contributed by atoms with Gasteiger partial charge in [0.2, 0.25) is 0 Å². The number of carbonyl (C=O) groups excluding carboxylic acids is 2. The molecular weight excluding hydrogens is 1180 g/mol. The van der Waals surface area contributed by atoms with Gasteiger partial charge < -0.3 is 27.9 Å². The van der Waals surface area contributed by atoms with Crippen molar-refractivity contribution >= 4 is 19.8 Å². The molecule has 0 aromatic heterocycles. The maximum Gasteiger partial charge on any atom is 0.306 e. The Morgan fingerprint density at radius 2 is 0.574 bits per heavy atom. The lowest BCUT2D eigenvalue weighted by molar-refractivity contribution is -0.870. The van der Waals surface area contributed by atoms with Crippen LogP contribution < -0.4 is 4.89 Å². The summed E-state index contributed by atoms with van der Waals surface area (Å²) < 4.78 is 34.3. The summed E-state index contributed by atoms with van der Waals surface area (Å²) in [6.07, 6.45) is 113. The molecule has 0 aliphatic carbocycles. The van der Waals surface area contributed by atoms with Crippen molar-refractivity contribution in [2.75, 3.05) is 47.5 Å². The van der Waals surface area contributed by atoms with E-state index in [2.05, 4.69) is 220 Å². The van der Waals surface area contributed by atoms with Crippen LogP contribution in [0.4, 0.5) is 0 Å². The standard InChI is InChI=1S/C84H134NO8P/c1-6-8-10-12-14-16-18-20-22-24-26-28-30-32-34-36-38-39-40-41-42-43-44-45-47-49-51-53-55-57-59-61-63-65-67-69-71-73-75-77-84(87)93-82(81-92-94(88,89)91-79-78-85(3,4)5)80-90-83(86)76-74-72-70-68-66-64-62-60-58-56-54-52-50-48-46-37-35-33-31-29-27-25-23-21-19-17-15-13-11-9-7-2/h8-11,14-17,20-23,26-29,32-35,38-39,41-42,44-46,48-49,51-52,54,58,60,82H,6-7,12-13,18-19,24-25,30-31,36-37,40,43,47,50,53,55-57,59,61-81H2,1-5H3/b10-8-,11-9-,16-14-,17-15-,22-20-,23-21-,28-26-,29-27-,34-32-,35-33-,39-38-,42-41-,45-44-,48-46-,51-49-,54-52-,60-58-. The Labute approximate surface area is 576 Å². The number of rotatable bonds is 65. The van der Waals surface area contributed by atoms with Crippen LogP contribution in [0.3, 0.4) is 0 Å². The summed E-state index contributed by atoms with van der Waals surface area (Å²) >= 11 is 0. The molecule has 0 heterocycles. The first kappa shape index (κ1) is 88.6. The van der Waals surface area contributed by atoms with Gasteiger partial charge >= 0.3 is 11.9 Å². The molecule has 0 aliphatic rings. The van der Waals surface area contributed by atoms with E-state index in [1.54, 1.807) is 0 Å². The number of likely N-dealkylation sites (N-methyl/N-ethyl adjacent to an activating group) is 1. The van der Waals surface area contributed by atoms with Crippen LogP contribution in [0.5, 0.6) is 0 Å². The van der Waals surface area contributed by atoms with Crippen LogP contribution in [0.25, 0.3) is 0 Å². The molecule has 0 saturated carbocycles. The molecular formula is C84H134NO8P. The van der Waals surface area contributed by atoms with E-state index in [1.165, 1.54) is 44.9 Å². The fourth-order valence-corrected chi connectivity index (χ4v) is 9.98. The van der Waals surface area contributed by atoms with Crippen LogP contribution in [0.15, 0.2) is 207 Å². The second-order valence-corrected chi connectivity index (χ2v) is 26.2. The third kappa shape index (κ3) is 75.6. The van der Waals surface area contributed by atoms with Crippen molar-refractivity contribution in [2.45, 2.75) is 264 Å². The van der Waals surface area contributed by atoms with Gasteiger partial charge in [-0.3, -0.25) is 14.2 Å². The summed E-state index contributed by atoms with van der Waals surface area (Å²) in [5, 5.41) is 0. The Bertz CT molecular complexity index is 2340. The Kier molecular flexibility index (Phi) is 67.7. The SMILES string of the molecule is CC/C=C\C/C=C\C/C=C\C/C=C\C/C=C\C/C=C\C/C=C\C/C=C\C/C=C\CCCCCCCCCCCCCC(=O)OC(COC(=O)CCCCCCCC/C=C\C/C=C\C/C=C\C/C=C\C/C=C\C/C=C\C/C=C\C/C=C\CC)COP(=O)([O-])OCC[N+](C)(C)C. The lowest BCUT2D eigenvalue weighted by atomic mass is 10.0. The van der Waals surface area contributed by atoms with Crippen molar-refractivity contribution in [2.24, 2.45) is 0 Å². The summed E-state index contributed by atoms with van der Waals surface area (Å²) in [7, 11) is 1.13. The van der Waals surface area contributed by atoms with Crippen LogP contribution in [-0.4, -0.2) is 70.0 Å². The highest BCUT2D eigenvalue weighted by molar-refractivity contribution is 7.45. The Morgan fingerprint density at radius 1 is 0.330 bits per heavy atom. The summed E-state index contributed by atoms with van der Waals surface area (Å²) in [4.78, 5) is 38.1. The third-order valence-electron chi connectivity index (χ3n) is 14.8. The quantitative estimate of drug-likeness (QED) is 0.0195. The Morgan fingerprint density at radius 3 is 0.851 bits per heavy atom. The number of ether oxygens (including phenoxy) is 2. The molecule has 10 heteroatoms. The lowest BCUT2D eigenvalue weighted by Crippen LogP contribution is -2.37. The third-order valence-corrected chi connectivity index (χ3v) is 15.8. The molecule has 0 radical (unpaired) electrons. The van der Waals surface area contributed by atoms with Gasteiger partial charge in [-0.2, -0.15) is 0 Å². The van der Waals surface area contributed by atoms with Gasteiger partial charge in [0.15, 0.2) is 6.10 Å². The van der Waals surface area contributed by atoms with Crippen molar-refractivity contribution in [1.82, 2.24) is 0 Å². The zero-order valence-corrected chi connectivity index (χ0v) is 61.0. The largest absolute Gasteiger partial charge is 0.756 e. The predicted octanol–water partition coefficient (Wildman–Crippen LogP) is 24.0. The number of esters is 2. The molecule has 0 aromatic carbocycles. The number of hydrogen-bond donors (Lipinski definition) is 0. The van der Waals surface area contributed by atoms with E-state index in [-0.39, 0.29) is 26.1 Å². The molecule has 2 unspecified atom stereocenters. The van der Waals surface area contributed by atoms with E-state index in [9.17, 15) is 19.0 Å². The average Bonchev–Trinajstić information content (AvgIpc) is 1.56. The number of phosphoric acid groups is 1. The smallest absolute Gasteiger partial charge is 0.306 e. The van der Waals surface area contributed by atoms with Gasteiger partial charge in [-0.1, -0.05) is 304 Å². The van der Waals surface area contributed by atoms with Gasteiger partial charge in [0.05, 0.1) is 27.7 Å². The predicted molar refractivity (Wildman–Crippen MR) is 405 cm³/mol. The fourth-order valence-electron chi connectivity index (χ4n) is 9.25. The zero-order valence-electron chi connectivity index (χ0n) is 60.1. The molecule has 0 N–H and O–H groups in total. The van der Waals surface area contributed by atoms with Crippen LogP contribution in [0.2, 0.25) is 0 Å². The van der Waals surface area contributed by atoms with E-state index in [0.717, 1.165) is 173 Å². The molecule has 0 amide bonds. The number of allylic oxidation sites excluding steroid dienone is 34. The number of carbonyl (C=O) groups is 2. The number of unbranched alkanes of at least 4 members (excludes halogenated alkanes) is 17. The highest BCUT2D eigenvalue weighted by Gasteiger charge is 2.22. The molecule has 0 bridgehead atoms. The second-order valence-electron chi connectivity index (χ2n) is 24.8. The minimum atomic E-state index is -4.66. The van der Waals surface area contributed by atoms with Gasteiger partial charge in [-0.15, -0.1) is 0 Å². The molecule has 0 aromatic rings. The van der Waals surface area contributed by atoms with Gasteiger partial charge in [0, 0.05) is 12.8 Å². The Balaban J connectivity index is 4.15. The molecule has 2 atom stereocenters. The van der Waals surface area contributed by atoms with Crippen molar-refractivity contribution in [3.8, 4) is 0 Å². The van der Waals surface area contributed by atoms with Gasteiger partial charge in [0.25, 0.3) is 7.82 Å². The summed E-state index contributed by atoms with van der Waals surface area (Å²) in [5.74, 6) is -0.867. The zero-order chi connectivity index (χ0) is 68.3. The topological polar surface area (TPSA) is 111 Å². The van der Waals surface area contributed by atoms with E-state index >= 15 is 0 Å². The maximum absolute atomic E-state index is 12.9. The Hall–Kier alpha value is -5.41. The average molecular weight is 1320 g/mol. The molecule has 0 rings (SSSR count). The molecule has 0 spiro atoms. The summed E-state index contributed by atoms with van der Waals surface area (Å²) in [6, 6.07) is 0. The summed E-state index contributed by atoms with van der Waals surface area (Å²) in [6.45, 7) is 3.97. The van der Waals surface area contributed by atoms with Crippen LogP contribution >= 0.6 is 7.82 Å². The molecule has 0 fully saturated rings. The van der Waals surface area contributed by atoms with Gasteiger partial charge in [-0.25, -0.2) is 0 Å². The van der Waals surface area contributed by atoms with Crippen molar-refractivity contribution in [3.05, 3.63) is 207 Å². The minimum absolute atomic E-state index is 0.0449. The van der Waals surface area contributed by atoms with E-state index < -0.39 is 32.5 Å². The first-order valence-corrected chi connectivity index (χ1v) is 38.3. The maximum atomic E-state index is 12.9. The number of phosphoric ester groups is 1. The van der Waals surface area contributed by atoms with E-state index in [4.69, 9.17) is 18.5 Å². The van der Waals surface area contributed by atoms with Crippen molar-refractivity contribution in [1.29, 1.82) is 0 Å². The second kappa shape index (κ2) is 71.9. The highest BCUT2D eigenvalue weighted by atomic mass is 31.2. The first-order chi connectivity index (χ1) is 46.0. The molecule has 528 valence electrons. The number of nitrogens with zero attached hydrogens (tertiary/aromatic N) is 1. The lowest BCUT2D eigenvalue weighted by Gasteiger charge is -2.28. The minimum Gasteiger partial charge on any atom is -0.756 e. The number of quaternary nitrogens is 1. The fraction of sp³-hybridized carbons (Fsp3) is 0.571. The van der Waals surface area contributed by atoms with E-state index in [1.807, 2.05) is 21.1 Å². The van der Waals surface area contributed by atoms with Crippen molar-refractivity contribution < 1.29 is 42.1 Å². The molecule has 9 nitrogen and oxygen atoms in total.